The molecule has 0 aromatic carbocycles. The SMILES string of the molecule is CCCNC1CCC(S(=O)(=O)C2CCCCC2)C1C. The Labute approximate surface area is 118 Å². The van der Waals surface area contributed by atoms with E-state index in [1.807, 2.05) is 0 Å². The predicted octanol–water partition coefficient (Wildman–Crippen LogP) is 2.90. The fraction of sp³-hybridized carbons (Fsp3) is 1.00. The van der Waals surface area contributed by atoms with E-state index in [2.05, 4.69) is 19.2 Å². The zero-order chi connectivity index (χ0) is 13.9. The highest BCUT2D eigenvalue weighted by atomic mass is 32.2. The molecule has 3 nitrogen and oxygen atoms in total. The molecule has 0 saturated heterocycles. The van der Waals surface area contributed by atoms with Crippen LogP contribution in [-0.2, 0) is 9.84 Å². The molecule has 2 aliphatic rings. The van der Waals surface area contributed by atoms with Crippen molar-refractivity contribution in [2.45, 2.75) is 81.8 Å². The van der Waals surface area contributed by atoms with Crippen LogP contribution < -0.4 is 5.32 Å². The van der Waals surface area contributed by atoms with Gasteiger partial charge in [0.1, 0.15) is 0 Å². The van der Waals surface area contributed by atoms with Crippen LogP contribution in [0.1, 0.15) is 65.2 Å². The summed E-state index contributed by atoms with van der Waals surface area (Å²) in [5.41, 5.74) is 0. The first kappa shape index (κ1) is 15.3. The monoisotopic (exact) mass is 287 g/mol. The fourth-order valence-corrected chi connectivity index (χ4v) is 6.59. The predicted molar refractivity (Wildman–Crippen MR) is 80.1 cm³/mol. The van der Waals surface area contributed by atoms with Crippen LogP contribution >= 0.6 is 0 Å². The van der Waals surface area contributed by atoms with Crippen molar-refractivity contribution in [3.05, 3.63) is 0 Å². The second-order valence-corrected chi connectivity index (χ2v) is 8.83. The highest BCUT2D eigenvalue weighted by Crippen LogP contribution is 2.36. The highest BCUT2D eigenvalue weighted by molar-refractivity contribution is 7.92. The van der Waals surface area contributed by atoms with E-state index in [0.29, 0.717) is 6.04 Å². The lowest BCUT2D eigenvalue weighted by atomic mass is 10.0. The van der Waals surface area contributed by atoms with Gasteiger partial charge in [0.2, 0.25) is 0 Å². The van der Waals surface area contributed by atoms with Crippen molar-refractivity contribution in [1.82, 2.24) is 5.32 Å². The average molecular weight is 287 g/mol. The summed E-state index contributed by atoms with van der Waals surface area (Å²) < 4.78 is 25.6. The second kappa shape index (κ2) is 6.57. The van der Waals surface area contributed by atoms with Gasteiger partial charge in [-0.15, -0.1) is 0 Å². The lowest BCUT2D eigenvalue weighted by molar-refractivity contribution is 0.418. The molecule has 4 heteroatoms. The van der Waals surface area contributed by atoms with Crippen LogP contribution in [0.25, 0.3) is 0 Å². The molecule has 112 valence electrons. The molecule has 0 aromatic rings. The standard InChI is InChI=1S/C15H29NO2S/c1-3-11-16-14-9-10-15(12(14)2)19(17,18)13-7-5-4-6-8-13/h12-16H,3-11H2,1-2H3. The van der Waals surface area contributed by atoms with Gasteiger partial charge in [-0.1, -0.05) is 33.1 Å². The molecule has 0 spiro atoms. The van der Waals surface area contributed by atoms with Crippen LogP contribution in [0.15, 0.2) is 0 Å². The minimum atomic E-state index is -2.91. The number of rotatable bonds is 5. The van der Waals surface area contributed by atoms with E-state index in [-0.39, 0.29) is 16.4 Å². The van der Waals surface area contributed by atoms with Crippen LogP contribution in [0.4, 0.5) is 0 Å². The van der Waals surface area contributed by atoms with E-state index in [4.69, 9.17) is 0 Å². The van der Waals surface area contributed by atoms with E-state index in [9.17, 15) is 8.42 Å². The Morgan fingerprint density at radius 1 is 1.05 bits per heavy atom. The summed E-state index contributed by atoms with van der Waals surface area (Å²) in [5, 5.41) is 3.39. The Hall–Kier alpha value is -0.0900. The normalized spacial score (nSPS) is 33.7. The van der Waals surface area contributed by atoms with Crippen molar-refractivity contribution in [3.63, 3.8) is 0 Å². The van der Waals surface area contributed by atoms with Crippen molar-refractivity contribution in [1.29, 1.82) is 0 Å². The third kappa shape index (κ3) is 3.33. The van der Waals surface area contributed by atoms with Gasteiger partial charge in [0.25, 0.3) is 0 Å². The summed E-state index contributed by atoms with van der Waals surface area (Å²) in [6.07, 6.45) is 8.22. The molecular formula is C15H29NO2S. The third-order valence-electron chi connectivity index (χ3n) is 5.08. The number of nitrogens with one attached hydrogen (secondary N) is 1. The highest BCUT2D eigenvalue weighted by Gasteiger charge is 2.43. The molecule has 0 amide bonds. The fourth-order valence-electron chi connectivity index (χ4n) is 3.85. The number of hydrogen-bond donors (Lipinski definition) is 1. The maximum Gasteiger partial charge on any atom is 0.156 e. The van der Waals surface area contributed by atoms with Crippen LogP contribution in [0.2, 0.25) is 0 Å². The number of hydrogen-bond acceptors (Lipinski definition) is 3. The maximum atomic E-state index is 12.8. The lowest BCUT2D eigenvalue weighted by Crippen LogP contribution is -2.40. The molecule has 0 aliphatic heterocycles. The van der Waals surface area contributed by atoms with E-state index >= 15 is 0 Å². The van der Waals surface area contributed by atoms with Gasteiger partial charge in [0.15, 0.2) is 9.84 Å². The van der Waals surface area contributed by atoms with Crippen molar-refractivity contribution < 1.29 is 8.42 Å². The van der Waals surface area contributed by atoms with Gasteiger partial charge in [-0.3, -0.25) is 0 Å². The quantitative estimate of drug-likeness (QED) is 0.845. The molecule has 19 heavy (non-hydrogen) atoms. The minimum Gasteiger partial charge on any atom is -0.314 e. The van der Waals surface area contributed by atoms with Crippen LogP contribution in [0, 0.1) is 5.92 Å². The zero-order valence-electron chi connectivity index (χ0n) is 12.4. The van der Waals surface area contributed by atoms with Crippen LogP contribution in [-0.4, -0.2) is 31.5 Å². The molecule has 2 rings (SSSR count). The molecule has 2 fully saturated rings. The summed E-state index contributed by atoms with van der Waals surface area (Å²) in [4.78, 5) is 0. The Kier molecular flexibility index (Phi) is 5.29. The van der Waals surface area contributed by atoms with Crippen molar-refractivity contribution in [3.8, 4) is 0 Å². The first-order valence-corrected chi connectivity index (χ1v) is 9.64. The average Bonchev–Trinajstić information content (AvgIpc) is 2.79. The Morgan fingerprint density at radius 2 is 1.74 bits per heavy atom. The van der Waals surface area contributed by atoms with Gasteiger partial charge < -0.3 is 5.32 Å². The molecule has 3 atom stereocenters. The maximum absolute atomic E-state index is 12.8. The Balaban J connectivity index is 2.00. The van der Waals surface area contributed by atoms with E-state index < -0.39 is 9.84 Å². The topological polar surface area (TPSA) is 46.2 Å². The molecule has 1 N–H and O–H groups in total. The van der Waals surface area contributed by atoms with Crippen molar-refractivity contribution >= 4 is 9.84 Å². The number of sulfone groups is 1. The van der Waals surface area contributed by atoms with Gasteiger partial charge in [-0.2, -0.15) is 0 Å². The Bertz CT molecular complexity index is 374. The summed E-state index contributed by atoms with van der Waals surface area (Å²) in [5.74, 6) is 0.276. The summed E-state index contributed by atoms with van der Waals surface area (Å²) in [6.45, 7) is 5.29. The van der Waals surface area contributed by atoms with E-state index in [1.54, 1.807) is 0 Å². The molecule has 0 heterocycles. The molecule has 0 radical (unpaired) electrons. The van der Waals surface area contributed by atoms with Gasteiger partial charge in [-0.05, 0) is 44.6 Å². The van der Waals surface area contributed by atoms with Gasteiger partial charge in [0.05, 0.1) is 10.5 Å². The molecule has 2 aliphatic carbocycles. The van der Waals surface area contributed by atoms with Crippen LogP contribution in [0.3, 0.4) is 0 Å². The summed E-state index contributed by atoms with van der Waals surface area (Å²) >= 11 is 0. The second-order valence-electron chi connectivity index (χ2n) is 6.38. The first-order valence-electron chi connectivity index (χ1n) is 8.03. The van der Waals surface area contributed by atoms with E-state index in [0.717, 1.165) is 51.5 Å². The van der Waals surface area contributed by atoms with Crippen LogP contribution in [0.5, 0.6) is 0 Å². The summed E-state index contributed by atoms with van der Waals surface area (Å²) in [7, 11) is -2.91. The molecule has 0 bridgehead atoms. The van der Waals surface area contributed by atoms with Crippen molar-refractivity contribution in [2.75, 3.05) is 6.54 Å². The van der Waals surface area contributed by atoms with Crippen molar-refractivity contribution in [2.24, 2.45) is 5.92 Å². The molecular weight excluding hydrogens is 258 g/mol. The largest absolute Gasteiger partial charge is 0.314 e. The molecule has 2 saturated carbocycles. The smallest absolute Gasteiger partial charge is 0.156 e. The minimum absolute atomic E-state index is 0.0429. The third-order valence-corrected chi connectivity index (χ3v) is 7.99. The molecule has 0 aromatic heterocycles. The lowest BCUT2D eigenvalue weighted by Gasteiger charge is -2.28. The van der Waals surface area contributed by atoms with Gasteiger partial charge in [-0.25, -0.2) is 8.42 Å². The molecule has 3 unspecified atom stereocenters. The first-order chi connectivity index (χ1) is 9.07. The Morgan fingerprint density at radius 3 is 2.37 bits per heavy atom. The zero-order valence-corrected chi connectivity index (χ0v) is 13.2. The summed E-state index contributed by atoms with van der Waals surface area (Å²) in [6, 6.07) is 0.406. The van der Waals surface area contributed by atoms with Gasteiger partial charge in [0, 0.05) is 6.04 Å². The van der Waals surface area contributed by atoms with E-state index in [1.165, 1.54) is 6.42 Å². The van der Waals surface area contributed by atoms with Gasteiger partial charge >= 0.3 is 0 Å².